The van der Waals surface area contributed by atoms with Crippen LogP contribution in [0.1, 0.15) is 19.5 Å². The van der Waals surface area contributed by atoms with Crippen LogP contribution in [-0.4, -0.2) is 53.7 Å². The van der Waals surface area contributed by atoms with Gasteiger partial charge in [0, 0.05) is 37.8 Å². The molecule has 0 amide bonds. The maximum atomic E-state index is 16.1. The number of imidazole rings is 2. The summed E-state index contributed by atoms with van der Waals surface area (Å²) in [4.78, 5) is 18.7. The molecule has 36 heavy (non-hydrogen) atoms. The van der Waals surface area contributed by atoms with Crippen molar-refractivity contribution in [2.24, 2.45) is 0 Å². The number of fused-ring (bicyclic) bond motifs is 1. The van der Waals surface area contributed by atoms with E-state index in [4.69, 9.17) is 4.98 Å². The molecule has 4 heterocycles. The van der Waals surface area contributed by atoms with Gasteiger partial charge in [-0.2, -0.15) is 5.10 Å². The van der Waals surface area contributed by atoms with E-state index in [2.05, 4.69) is 38.3 Å². The third-order valence-corrected chi connectivity index (χ3v) is 5.82. The van der Waals surface area contributed by atoms with Gasteiger partial charge in [0.25, 0.3) is 0 Å². The van der Waals surface area contributed by atoms with Crippen LogP contribution in [-0.2, 0) is 0 Å². The fraction of sp³-hybridized carbons (Fsp3) is 0.185. The maximum Gasteiger partial charge on any atom is 0.166 e. The van der Waals surface area contributed by atoms with Crippen molar-refractivity contribution < 1.29 is 4.39 Å². The largest absolute Gasteiger partial charge is 0.378 e. The van der Waals surface area contributed by atoms with E-state index in [1.807, 2.05) is 64.2 Å². The molecule has 4 aromatic rings. The Labute approximate surface area is 208 Å². The molecule has 4 aromatic heterocycles. The molecule has 0 fully saturated rings. The molecule has 184 valence electrons. The summed E-state index contributed by atoms with van der Waals surface area (Å²) in [5, 5.41) is 8.14. The van der Waals surface area contributed by atoms with E-state index < -0.39 is 5.83 Å². The fourth-order valence-electron chi connectivity index (χ4n) is 3.87. The van der Waals surface area contributed by atoms with Crippen LogP contribution in [0.15, 0.2) is 73.0 Å². The van der Waals surface area contributed by atoms with Crippen molar-refractivity contribution in [3.05, 3.63) is 89.3 Å². The van der Waals surface area contributed by atoms with Gasteiger partial charge in [-0.15, -0.1) is 0 Å². The predicted octanol–water partition coefficient (Wildman–Crippen LogP) is 3.85. The Bertz CT molecular complexity index is 1640. The molecule has 0 aliphatic heterocycles. The molecule has 4 rings (SSSR count). The number of hydrogen-bond donors (Lipinski definition) is 2. The molecular weight excluding hydrogens is 455 g/mol. The first-order valence-corrected chi connectivity index (χ1v) is 11.4. The molecule has 0 aromatic carbocycles. The molecule has 0 atom stereocenters. The number of likely N-dealkylation sites (N-methyl/N-ethyl adjacent to an activating group) is 1. The number of hydrogen-bond acceptors (Lipinski definition) is 5. The molecule has 0 radical (unpaired) electrons. The van der Waals surface area contributed by atoms with Gasteiger partial charge < -0.3 is 9.88 Å². The van der Waals surface area contributed by atoms with Gasteiger partial charge in [0.1, 0.15) is 23.4 Å². The zero-order chi connectivity index (χ0) is 26.0. The Kier molecular flexibility index (Phi) is 6.82. The molecule has 9 heteroatoms. The summed E-state index contributed by atoms with van der Waals surface area (Å²) < 4.78 is 17.9. The second kappa shape index (κ2) is 9.99. The zero-order valence-electron chi connectivity index (χ0n) is 21.1. The molecular formula is C27H29FN8. The van der Waals surface area contributed by atoms with Gasteiger partial charge in [-0.05, 0) is 44.6 Å². The van der Waals surface area contributed by atoms with E-state index >= 15 is 4.39 Å². The second-order valence-corrected chi connectivity index (χ2v) is 8.39. The first-order chi connectivity index (χ1) is 17.3. The summed E-state index contributed by atoms with van der Waals surface area (Å²) in [5.41, 5.74) is 4.28. The average Bonchev–Trinajstić information content (AvgIpc) is 3.60. The Morgan fingerprint density at radius 1 is 1.22 bits per heavy atom. The van der Waals surface area contributed by atoms with Gasteiger partial charge in [-0.1, -0.05) is 25.3 Å². The van der Waals surface area contributed by atoms with Crippen molar-refractivity contribution in [2.45, 2.75) is 20.8 Å². The van der Waals surface area contributed by atoms with Crippen LogP contribution in [0.4, 0.5) is 4.39 Å². The number of aromatic amines is 2. The van der Waals surface area contributed by atoms with Gasteiger partial charge in [0.15, 0.2) is 11.6 Å². The first kappa shape index (κ1) is 24.6. The van der Waals surface area contributed by atoms with Gasteiger partial charge in [-0.25, -0.2) is 19.3 Å². The summed E-state index contributed by atoms with van der Waals surface area (Å²) in [6, 6.07) is 1.82. The van der Waals surface area contributed by atoms with Crippen LogP contribution in [0, 0.1) is 6.92 Å². The number of aromatic nitrogens is 7. The van der Waals surface area contributed by atoms with E-state index in [1.54, 1.807) is 29.2 Å². The van der Waals surface area contributed by atoms with E-state index in [-0.39, 0.29) is 10.8 Å². The van der Waals surface area contributed by atoms with Crippen molar-refractivity contribution in [3.63, 3.8) is 0 Å². The highest BCUT2D eigenvalue weighted by Gasteiger charge is 2.18. The number of nitrogens with one attached hydrogen (secondary N) is 2. The SMILES string of the molecule is C=C/C(=C\C(=C/C)C(=C)/C(F)=c1/c(-c2nc3c(-n4cnc(C)c4)nccc3[nH]2)n[nH]/c1=C/C)N(C)C. The molecule has 0 unspecified atom stereocenters. The lowest BCUT2D eigenvalue weighted by atomic mass is 10.0. The highest BCUT2D eigenvalue weighted by atomic mass is 19.1. The molecule has 0 saturated heterocycles. The monoisotopic (exact) mass is 484 g/mol. The van der Waals surface area contributed by atoms with Gasteiger partial charge in [0.05, 0.1) is 21.8 Å². The van der Waals surface area contributed by atoms with E-state index in [9.17, 15) is 0 Å². The number of aryl methyl sites for hydroxylation is 1. The van der Waals surface area contributed by atoms with Crippen LogP contribution in [0.25, 0.3) is 40.3 Å². The minimum absolute atomic E-state index is 0.233. The molecule has 0 saturated carbocycles. The Hall–Kier alpha value is -4.53. The summed E-state index contributed by atoms with van der Waals surface area (Å²) in [5.74, 6) is 0.532. The van der Waals surface area contributed by atoms with Crippen LogP contribution >= 0.6 is 0 Å². The van der Waals surface area contributed by atoms with Crippen LogP contribution < -0.4 is 10.6 Å². The Morgan fingerprint density at radius 3 is 2.61 bits per heavy atom. The smallest absolute Gasteiger partial charge is 0.166 e. The van der Waals surface area contributed by atoms with Crippen molar-refractivity contribution in [1.29, 1.82) is 0 Å². The standard InChI is InChI=1S/C27H29FN8/c1-8-18(13-19(9-2)35(6)7)17(5)23(28)22-20(10-3)33-34-25(22)26-31-21-11-12-29-27(24(21)32-26)36-14-16(4)30-15-36/h8-15,33H,2,5H2,1,3-4,6-7H3,(H,31,32)/b18-8+,19-13+,20-10+,23-22-. The second-order valence-electron chi connectivity index (χ2n) is 8.39. The summed E-state index contributed by atoms with van der Waals surface area (Å²) in [6.07, 6.45) is 12.4. The lowest BCUT2D eigenvalue weighted by molar-refractivity contribution is 0.530. The fourth-order valence-corrected chi connectivity index (χ4v) is 3.87. The predicted molar refractivity (Wildman–Crippen MR) is 142 cm³/mol. The third kappa shape index (κ3) is 4.43. The molecule has 8 nitrogen and oxygen atoms in total. The van der Waals surface area contributed by atoms with Crippen LogP contribution in [0.3, 0.4) is 0 Å². The van der Waals surface area contributed by atoms with Crippen molar-refractivity contribution >= 4 is 22.9 Å². The number of rotatable bonds is 7. The lowest BCUT2D eigenvalue weighted by Crippen LogP contribution is -2.26. The highest BCUT2D eigenvalue weighted by molar-refractivity contribution is 5.85. The van der Waals surface area contributed by atoms with Crippen molar-refractivity contribution in [1.82, 2.24) is 39.6 Å². The molecule has 0 bridgehead atoms. The lowest BCUT2D eigenvalue weighted by Gasteiger charge is -2.15. The Morgan fingerprint density at radius 2 is 2.00 bits per heavy atom. The molecule has 2 N–H and O–H groups in total. The summed E-state index contributed by atoms with van der Waals surface area (Å²) >= 11 is 0. The number of H-pyrrole nitrogens is 2. The van der Waals surface area contributed by atoms with Crippen molar-refractivity contribution in [2.75, 3.05) is 14.1 Å². The summed E-state index contributed by atoms with van der Waals surface area (Å²) in [6.45, 7) is 13.5. The topological polar surface area (TPSA) is 91.3 Å². The van der Waals surface area contributed by atoms with E-state index in [0.717, 1.165) is 16.9 Å². The minimum atomic E-state index is -0.498. The van der Waals surface area contributed by atoms with Crippen LogP contribution in [0.2, 0.25) is 0 Å². The van der Waals surface area contributed by atoms with Crippen molar-refractivity contribution in [3.8, 4) is 17.3 Å². The normalized spacial score (nSPS) is 13.9. The third-order valence-electron chi connectivity index (χ3n) is 5.82. The highest BCUT2D eigenvalue weighted by Crippen LogP contribution is 2.25. The molecule has 0 spiro atoms. The number of nitrogens with zero attached hydrogens (tertiary/aromatic N) is 6. The van der Waals surface area contributed by atoms with Crippen LogP contribution in [0.5, 0.6) is 0 Å². The summed E-state index contributed by atoms with van der Waals surface area (Å²) in [7, 11) is 3.80. The number of pyridine rings is 1. The Balaban J connectivity index is 1.90. The van der Waals surface area contributed by atoms with E-state index in [0.29, 0.717) is 33.8 Å². The van der Waals surface area contributed by atoms with Gasteiger partial charge in [-0.3, -0.25) is 9.67 Å². The molecule has 0 aliphatic carbocycles. The molecule has 0 aliphatic rings. The minimum Gasteiger partial charge on any atom is -0.378 e. The van der Waals surface area contributed by atoms with Gasteiger partial charge >= 0.3 is 0 Å². The van der Waals surface area contributed by atoms with Gasteiger partial charge in [0.2, 0.25) is 0 Å². The quantitative estimate of drug-likeness (QED) is 0.389. The zero-order valence-corrected chi connectivity index (χ0v) is 21.1. The average molecular weight is 485 g/mol. The number of halogens is 1. The number of allylic oxidation sites excluding steroid dienone is 5. The maximum absolute atomic E-state index is 16.1. The van der Waals surface area contributed by atoms with E-state index in [1.165, 1.54) is 0 Å². The first-order valence-electron chi connectivity index (χ1n) is 11.4.